The lowest BCUT2D eigenvalue weighted by Gasteiger charge is -2.24. The van der Waals surface area contributed by atoms with Crippen molar-refractivity contribution in [2.45, 2.75) is 33.1 Å². The summed E-state index contributed by atoms with van der Waals surface area (Å²) in [6.07, 6.45) is 4.76. The lowest BCUT2D eigenvalue weighted by molar-refractivity contribution is 0.486. The molecular weight excluding hydrogens is 316 g/mol. The fraction of sp³-hybridized carbons (Fsp3) is 0.250. The number of benzene rings is 2. The summed E-state index contributed by atoms with van der Waals surface area (Å²) < 4.78 is 0. The summed E-state index contributed by atoms with van der Waals surface area (Å²) in [6.45, 7) is 14.8. The number of allylic oxidation sites excluding steroid dienone is 2. The Kier molecular flexibility index (Phi) is 7.28. The topological polar surface area (TPSA) is 24.1 Å². The van der Waals surface area contributed by atoms with Crippen LogP contribution in [-0.4, -0.2) is 0 Å². The lowest BCUT2D eigenvalue weighted by atomic mass is 9.85. The fourth-order valence-corrected chi connectivity index (χ4v) is 3.26. The maximum Gasteiger partial charge on any atom is 0.0617 e. The second-order valence-corrected chi connectivity index (χ2v) is 6.70. The molecule has 0 spiro atoms. The number of para-hydroxylation sites is 2. The average molecular weight is 347 g/mol. The highest BCUT2D eigenvalue weighted by molar-refractivity contribution is 5.62. The molecule has 0 aliphatic rings. The molecule has 0 aromatic heterocycles. The van der Waals surface area contributed by atoms with E-state index in [-0.39, 0.29) is 0 Å². The second-order valence-electron chi connectivity index (χ2n) is 6.70. The monoisotopic (exact) mass is 346 g/mol. The summed E-state index contributed by atoms with van der Waals surface area (Å²) in [5.41, 5.74) is 5.29. The van der Waals surface area contributed by atoms with Gasteiger partial charge >= 0.3 is 0 Å². The summed E-state index contributed by atoms with van der Waals surface area (Å²) >= 11 is 0. The Labute approximate surface area is 158 Å². The minimum atomic E-state index is 0.513. The normalized spacial score (nSPS) is 12.9. The Hall–Kier alpha value is -2.74. The van der Waals surface area contributed by atoms with Gasteiger partial charge in [0.25, 0.3) is 0 Å². The largest absolute Gasteiger partial charge is 0.354 e. The molecular formula is C24H30N2. The van der Waals surface area contributed by atoms with Crippen LogP contribution in [0, 0.1) is 5.92 Å². The molecule has 2 heteroatoms. The van der Waals surface area contributed by atoms with Crippen LogP contribution in [-0.2, 0) is 0 Å². The van der Waals surface area contributed by atoms with Crippen molar-refractivity contribution in [2.24, 2.45) is 5.92 Å². The van der Waals surface area contributed by atoms with Gasteiger partial charge in [-0.15, -0.1) is 0 Å². The maximum atomic E-state index is 3.99. The summed E-state index contributed by atoms with van der Waals surface area (Å²) in [4.78, 5) is 0. The van der Waals surface area contributed by atoms with Gasteiger partial charge in [0, 0.05) is 11.4 Å². The quantitative estimate of drug-likeness (QED) is 0.480. The van der Waals surface area contributed by atoms with Crippen LogP contribution in [0.4, 0.5) is 11.4 Å². The second kappa shape index (κ2) is 9.67. The zero-order valence-electron chi connectivity index (χ0n) is 16.1. The van der Waals surface area contributed by atoms with Crippen LogP contribution in [0.25, 0.3) is 0 Å². The molecule has 26 heavy (non-hydrogen) atoms. The average Bonchev–Trinajstić information content (AvgIpc) is 2.66. The number of rotatable bonds is 9. The first-order valence-corrected chi connectivity index (χ1v) is 9.27. The van der Waals surface area contributed by atoms with Gasteiger partial charge in [-0.05, 0) is 54.2 Å². The molecule has 136 valence electrons. The van der Waals surface area contributed by atoms with Crippen molar-refractivity contribution in [3.8, 4) is 0 Å². The van der Waals surface area contributed by atoms with Crippen LogP contribution < -0.4 is 10.6 Å². The van der Waals surface area contributed by atoms with E-state index in [1.165, 1.54) is 5.56 Å². The van der Waals surface area contributed by atoms with Gasteiger partial charge in [0.1, 0.15) is 0 Å². The third-order valence-corrected chi connectivity index (χ3v) is 4.63. The van der Waals surface area contributed by atoms with Gasteiger partial charge in [-0.25, -0.2) is 0 Å². The Morgan fingerprint density at radius 1 is 0.885 bits per heavy atom. The predicted octanol–water partition coefficient (Wildman–Crippen LogP) is 6.94. The van der Waals surface area contributed by atoms with Gasteiger partial charge in [0.15, 0.2) is 0 Å². The first-order valence-electron chi connectivity index (χ1n) is 9.27. The van der Waals surface area contributed by atoms with Gasteiger partial charge in [0.05, 0.1) is 11.4 Å². The van der Waals surface area contributed by atoms with Crippen LogP contribution in [0.1, 0.15) is 38.7 Å². The van der Waals surface area contributed by atoms with E-state index in [4.69, 9.17) is 0 Å². The Bertz CT molecular complexity index is 757. The van der Waals surface area contributed by atoms with Crippen molar-refractivity contribution in [1.29, 1.82) is 0 Å². The third-order valence-electron chi connectivity index (χ3n) is 4.63. The number of hydrogen-bond donors (Lipinski definition) is 2. The number of nitrogens with one attached hydrogen (secondary N) is 2. The standard InChI is InChI=1S/C24H30N2/c1-6-20(18(4)5)21-16-12-13-17-24(21)26-23(8-3)22(7-2)25-19-14-10-9-11-15-19/h7-18,20,25-26H,2-3,6H2,1,4-5H3/b23-22-. The summed E-state index contributed by atoms with van der Waals surface area (Å²) in [5, 5.41) is 6.98. The minimum absolute atomic E-state index is 0.513. The van der Waals surface area contributed by atoms with Crippen LogP contribution in [0.3, 0.4) is 0 Å². The highest BCUT2D eigenvalue weighted by Gasteiger charge is 2.17. The van der Waals surface area contributed by atoms with E-state index in [0.717, 1.165) is 29.2 Å². The number of hydrogen-bond acceptors (Lipinski definition) is 2. The molecule has 1 unspecified atom stereocenters. The fourth-order valence-electron chi connectivity index (χ4n) is 3.26. The molecule has 1 atom stereocenters. The molecule has 0 fully saturated rings. The molecule has 0 saturated carbocycles. The molecule has 2 aromatic rings. The predicted molar refractivity (Wildman–Crippen MR) is 115 cm³/mol. The molecule has 0 radical (unpaired) electrons. The summed E-state index contributed by atoms with van der Waals surface area (Å²) in [5.74, 6) is 1.10. The van der Waals surface area contributed by atoms with Gasteiger partial charge < -0.3 is 10.6 Å². The lowest BCUT2D eigenvalue weighted by Crippen LogP contribution is -2.12. The van der Waals surface area contributed by atoms with Crippen LogP contribution in [0.2, 0.25) is 0 Å². The van der Waals surface area contributed by atoms with E-state index >= 15 is 0 Å². The van der Waals surface area contributed by atoms with Crippen molar-refractivity contribution < 1.29 is 0 Å². The van der Waals surface area contributed by atoms with Crippen LogP contribution in [0.15, 0.2) is 91.3 Å². The van der Waals surface area contributed by atoms with E-state index in [1.807, 2.05) is 42.5 Å². The minimum Gasteiger partial charge on any atom is -0.354 e. The molecule has 2 rings (SSSR count). The SMILES string of the molecule is C=C/C(Nc1ccccc1)=C(\C=C)Nc1ccccc1C(CC)C(C)C. The zero-order valence-corrected chi connectivity index (χ0v) is 16.1. The first-order chi connectivity index (χ1) is 12.6. The zero-order chi connectivity index (χ0) is 18.9. The van der Waals surface area contributed by atoms with E-state index in [9.17, 15) is 0 Å². The molecule has 0 saturated heterocycles. The molecule has 0 aliphatic heterocycles. The first kappa shape index (κ1) is 19.6. The van der Waals surface area contributed by atoms with Crippen molar-refractivity contribution >= 4 is 11.4 Å². The van der Waals surface area contributed by atoms with Gasteiger partial charge in [-0.3, -0.25) is 0 Å². The van der Waals surface area contributed by atoms with Gasteiger partial charge in [-0.2, -0.15) is 0 Å². The molecule has 2 N–H and O–H groups in total. The van der Waals surface area contributed by atoms with E-state index in [0.29, 0.717) is 11.8 Å². The molecule has 0 aliphatic carbocycles. The maximum absolute atomic E-state index is 3.99. The number of anilines is 2. The Morgan fingerprint density at radius 2 is 1.46 bits per heavy atom. The highest BCUT2D eigenvalue weighted by atomic mass is 15.0. The van der Waals surface area contributed by atoms with Gasteiger partial charge in [0.2, 0.25) is 0 Å². The summed E-state index contributed by atoms with van der Waals surface area (Å²) in [6, 6.07) is 18.6. The Balaban J connectivity index is 2.37. The molecule has 2 nitrogen and oxygen atoms in total. The highest BCUT2D eigenvalue weighted by Crippen LogP contribution is 2.33. The van der Waals surface area contributed by atoms with Crippen LogP contribution in [0.5, 0.6) is 0 Å². The molecule has 0 heterocycles. The molecule has 0 bridgehead atoms. The third kappa shape index (κ3) is 4.89. The summed E-state index contributed by atoms with van der Waals surface area (Å²) in [7, 11) is 0. The van der Waals surface area contributed by atoms with Crippen molar-refractivity contribution in [2.75, 3.05) is 10.6 Å². The molecule has 2 aromatic carbocycles. The van der Waals surface area contributed by atoms with Gasteiger partial charge in [-0.1, -0.05) is 70.3 Å². The van der Waals surface area contributed by atoms with E-state index < -0.39 is 0 Å². The van der Waals surface area contributed by atoms with E-state index in [1.54, 1.807) is 0 Å². The van der Waals surface area contributed by atoms with Crippen molar-refractivity contribution in [3.63, 3.8) is 0 Å². The smallest absolute Gasteiger partial charge is 0.0617 e. The van der Waals surface area contributed by atoms with Crippen molar-refractivity contribution in [1.82, 2.24) is 0 Å². The molecule has 0 amide bonds. The van der Waals surface area contributed by atoms with E-state index in [2.05, 4.69) is 68.8 Å². The Morgan fingerprint density at radius 3 is 2.04 bits per heavy atom. The van der Waals surface area contributed by atoms with Crippen LogP contribution >= 0.6 is 0 Å². The van der Waals surface area contributed by atoms with Crippen molar-refractivity contribution in [3.05, 3.63) is 96.9 Å².